The van der Waals surface area contributed by atoms with Crippen LogP contribution in [0, 0.1) is 5.92 Å². The van der Waals surface area contributed by atoms with Crippen molar-refractivity contribution in [2.45, 2.75) is 51.7 Å². The van der Waals surface area contributed by atoms with Crippen molar-refractivity contribution < 1.29 is 14.1 Å². The number of ether oxygens (including phenoxy) is 1. The largest absolute Gasteiger partial charge is 0.490 e. The molecule has 1 aliphatic carbocycles. The number of rotatable bonds is 8. The Morgan fingerprint density at radius 1 is 1.24 bits per heavy atom. The molecule has 2 heterocycles. The maximum Gasteiger partial charge on any atom is 0.275 e. The van der Waals surface area contributed by atoms with E-state index >= 15 is 0 Å². The predicted molar refractivity (Wildman–Crippen MR) is 111 cm³/mol. The lowest BCUT2D eigenvalue weighted by Gasteiger charge is -2.37. The molecule has 6 nitrogen and oxygen atoms in total. The number of amides is 1. The van der Waals surface area contributed by atoms with Crippen molar-refractivity contribution >= 4 is 5.91 Å². The molecule has 1 aromatic heterocycles. The highest BCUT2D eigenvalue weighted by atomic mass is 16.5. The normalized spacial score (nSPS) is 21.7. The molecule has 0 radical (unpaired) electrons. The van der Waals surface area contributed by atoms with Crippen molar-refractivity contribution in [2.75, 3.05) is 26.7 Å². The van der Waals surface area contributed by atoms with E-state index in [0.29, 0.717) is 11.6 Å². The van der Waals surface area contributed by atoms with Gasteiger partial charge in [0.25, 0.3) is 5.91 Å². The first kappa shape index (κ1) is 20.0. The number of aryl methyl sites for hydroxylation is 1. The van der Waals surface area contributed by atoms with Gasteiger partial charge in [0.05, 0.1) is 6.10 Å². The van der Waals surface area contributed by atoms with Crippen LogP contribution >= 0.6 is 0 Å². The van der Waals surface area contributed by atoms with E-state index in [1.54, 1.807) is 11.0 Å². The van der Waals surface area contributed by atoms with Crippen LogP contribution in [0.5, 0.6) is 5.75 Å². The van der Waals surface area contributed by atoms with Crippen LogP contribution in [0.4, 0.5) is 0 Å². The number of nitrogens with zero attached hydrogens (tertiary/aromatic N) is 3. The van der Waals surface area contributed by atoms with Gasteiger partial charge in [-0.2, -0.15) is 0 Å². The molecule has 1 aromatic carbocycles. The third kappa shape index (κ3) is 4.99. The van der Waals surface area contributed by atoms with Crippen LogP contribution in [0.25, 0.3) is 0 Å². The number of carbonyl (C=O) groups excluding carboxylic acids is 1. The lowest BCUT2D eigenvalue weighted by molar-refractivity contribution is 0.0415. The van der Waals surface area contributed by atoms with Gasteiger partial charge in [-0.1, -0.05) is 24.2 Å². The maximum atomic E-state index is 12.4. The van der Waals surface area contributed by atoms with Gasteiger partial charge in [-0.3, -0.25) is 9.69 Å². The molecule has 6 heteroatoms. The fourth-order valence-electron chi connectivity index (χ4n) is 4.23. The molecule has 4 rings (SSSR count). The van der Waals surface area contributed by atoms with E-state index in [1.165, 1.54) is 31.5 Å². The number of likely N-dealkylation sites (tertiary alicyclic amines) is 1. The predicted octanol–water partition coefficient (Wildman–Crippen LogP) is 3.76. The van der Waals surface area contributed by atoms with Gasteiger partial charge in [0.2, 0.25) is 0 Å². The Morgan fingerprint density at radius 3 is 2.62 bits per heavy atom. The van der Waals surface area contributed by atoms with Crippen molar-refractivity contribution in [3.05, 3.63) is 47.3 Å². The molecule has 156 valence electrons. The third-order valence-corrected chi connectivity index (χ3v) is 6.03. The SMILES string of the molecule is CCc1cc(C(=O)N(C)CC2CC(Oc3ccc(CN4CCCC4)cc3)C2)no1. The van der Waals surface area contributed by atoms with Gasteiger partial charge in [0.15, 0.2) is 5.69 Å². The van der Waals surface area contributed by atoms with Crippen molar-refractivity contribution in [3.8, 4) is 5.75 Å². The quantitative estimate of drug-likeness (QED) is 0.679. The van der Waals surface area contributed by atoms with Crippen LogP contribution in [0.2, 0.25) is 0 Å². The van der Waals surface area contributed by atoms with Crippen LogP contribution < -0.4 is 4.74 Å². The first-order valence-electron chi connectivity index (χ1n) is 10.8. The van der Waals surface area contributed by atoms with Gasteiger partial charge < -0.3 is 14.2 Å². The molecular formula is C23H31N3O3. The highest BCUT2D eigenvalue weighted by molar-refractivity contribution is 5.92. The summed E-state index contributed by atoms with van der Waals surface area (Å²) in [6, 6.07) is 10.3. The number of aromatic nitrogens is 1. The molecule has 29 heavy (non-hydrogen) atoms. The summed E-state index contributed by atoms with van der Waals surface area (Å²) in [5.74, 6) is 2.08. The van der Waals surface area contributed by atoms with E-state index in [4.69, 9.17) is 9.26 Å². The monoisotopic (exact) mass is 397 g/mol. The van der Waals surface area contributed by atoms with E-state index < -0.39 is 0 Å². The number of hydrogen-bond acceptors (Lipinski definition) is 5. The lowest BCUT2D eigenvalue weighted by atomic mass is 9.82. The Hall–Kier alpha value is -2.34. The van der Waals surface area contributed by atoms with Crippen molar-refractivity contribution in [3.63, 3.8) is 0 Å². The van der Waals surface area contributed by atoms with Gasteiger partial charge in [-0.25, -0.2) is 0 Å². The summed E-state index contributed by atoms with van der Waals surface area (Å²) in [6.45, 7) is 6.18. The molecule has 1 aliphatic heterocycles. The zero-order valence-corrected chi connectivity index (χ0v) is 17.5. The summed E-state index contributed by atoms with van der Waals surface area (Å²) in [6.07, 6.45) is 5.59. The Balaban J connectivity index is 1.19. The number of carbonyl (C=O) groups is 1. The summed E-state index contributed by atoms with van der Waals surface area (Å²) in [5.41, 5.74) is 1.75. The summed E-state index contributed by atoms with van der Waals surface area (Å²) in [7, 11) is 1.83. The first-order valence-corrected chi connectivity index (χ1v) is 10.8. The highest BCUT2D eigenvalue weighted by Gasteiger charge is 2.33. The maximum absolute atomic E-state index is 12.4. The molecule has 1 saturated carbocycles. The van der Waals surface area contributed by atoms with E-state index in [9.17, 15) is 4.79 Å². The van der Waals surface area contributed by atoms with Gasteiger partial charge in [0.1, 0.15) is 11.5 Å². The molecule has 1 amide bonds. The number of benzene rings is 1. The summed E-state index contributed by atoms with van der Waals surface area (Å²) >= 11 is 0. The van der Waals surface area contributed by atoms with E-state index in [2.05, 4.69) is 34.3 Å². The number of hydrogen-bond donors (Lipinski definition) is 0. The van der Waals surface area contributed by atoms with Gasteiger partial charge >= 0.3 is 0 Å². The highest BCUT2D eigenvalue weighted by Crippen LogP contribution is 2.32. The Kier molecular flexibility index (Phi) is 6.19. The second-order valence-electron chi connectivity index (χ2n) is 8.42. The minimum atomic E-state index is -0.0774. The van der Waals surface area contributed by atoms with Crippen LogP contribution in [0.15, 0.2) is 34.9 Å². The van der Waals surface area contributed by atoms with Gasteiger partial charge in [-0.05, 0) is 62.4 Å². The van der Waals surface area contributed by atoms with Gasteiger partial charge in [-0.15, -0.1) is 0 Å². The van der Waals surface area contributed by atoms with E-state index in [1.807, 2.05) is 14.0 Å². The molecule has 2 fully saturated rings. The average molecular weight is 398 g/mol. The Morgan fingerprint density at radius 2 is 1.97 bits per heavy atom. The minimum Gasteiger partial charge on any atom is -0.490 e. The smallest absolute Gasteiger partial charge is 0.275 e. The molecule has 1 saturated heterocycles. The van der Waals surface area contributed by atoms with Crippen LogP contribution in [0.3, 0.4) is 0 Å². The van der Waals surface area contributed by atoms with Crippen LogP contribution in [-0.4, -0.2) is 53.6 Å². The van der Waals surface area contributed by atoms with Gasteiger partial charge in [0, 0.05) is 32.6 Å². The average Bonchev–Trinajstić information content (AvgIpc) is 3.38. The zero-order chi connectivity index (χ0) is 20.2. The van der Waals surface area contributed by atoms with Crippen molar-refractivity contribution in [1.29, 1.82) is 0 Å². The molecule has 0 unspecified atom stereocenters. The second kappa shape index (κ2) is 8.99. The summed E-state index contributed by atoms with van der Waals surface area (Å²) in [4.78, 5) is 16.7. The standard InChI is InChI=1S/C23H31N3O3/c1-3-19-14-22(24-29-19)23(27)25(2)15-18-12-21(13-18)28-20-8-6-17(7-9-20)16-26-10-4-5-11-26/h6-9,14,18,21H,3-5,10-13,15-16H2,1-2H3. The minimum absolute atomic E-state index is 0.0774. The molecule has 0 atom stereocenters. The lowest BCUT2D eigenvalue weighted by Crippen LogP contribution is -2.42. The fraction of sp³-hybridized carbons (Fsp3) is 0.565. The van der Waals surface area contributed by atoms with Crippen molar-refractivity contribution in [1.82, 2.24) is 15.0 Å². The van der Waals surface area contributed by atoms with Crippen LogP contribution in [0.1, 0.15) is 54.4 Å². The summed E-state index contributed by atoms with van der Waals surface area (Å²) < 4.78 is 11.2. The fourth-order valence-corrected chi connectivity index (χ4v) is 4.23. The topological polar surface area (TPSA) is 58.8 Å². The Labute approximate surface area is 172 Å². The molecule has 0 bridgehead atoms. The molecule has 0 spiro atoms. The third-order valence-electron chi connectivity index (χ3n) is 6.03. The zero-order valence-electron chi connectivity index (χ0n) is 17.5. The molecule has 2 aromatic rings. The van der Waals surface area contributed by atoms with Crippen LogP contribution in [-0.2, 0) is 13.0 Å². The molecular weight excluding hydrogens is 366 g/mol. The van der Waals surface area contributed by atoms with Crippen molar-refractivity contribution in [2.24, 2.45) is 5.92 Å². The second-order valence-corrected chi connectivity index (χ2v) is 8.42. The molecule has 2 aliphatic rings. The molecule has 0 N–H and O–H groups in total. The van der Waals surface area contributed by atoms with E-state index in [0.717, 1.165) is 43.9 Å². The summed E-state index contributed by atoms with van der Waals surface area (Å²) in [5, 5.41) is 3.88. The Bertz CT molecular complexity index is 805. The van der Waals surface area contributed by atoms with E-state index in [-0.39, 0.29) is 12.0 Å². The first-order chi connectivity index (χ1) is 14.1.